The van der Waals surface area contributed by atoms with Gasteiger partial charge in [-0.05, 0) is 81.6 Å². The Labute approximate surface area is 179 Å². The lowest BCUT2D eigenvalue weighted by atomic mass is 9.60. The van der Waals surface area contributed by atoms with Crippen LogP contribution in [-0.2, 0) is 12.8 Å². The lowest BCUT2D eigenvalue weighted by Crippen LogP contribution is -2.46. The van der Waals surface area contributed by atoms with Crippen molar-refractivity contribution >= 4 is 16.7 Å². The zero-order valence-corrected chi connectivity index (χ0v) is 18.0. The molecule has 0 bridgehead atoms. The van der Waals surface area contributed by atoms with Gasteiger partial charge in [-0.1, -0.05) is 30.3 Å². The summed E-state index contributed by atoms with van der Waals surface area (Å²) in [7, 11) is 0. The molecule has 3 aliphatic rings. The minimum Gasteiger partial charge on any atom is -0.382 e. The first kappa shape index (κ1) is 18.4. The Balaban J connectivity index is 1.42. The maximum atomic E-state index is 5.29. The summed E-state index contributed by atoms with van der Waals surface area (Å²) in [5.41, 5.74) is 7.23. The number of hydrogen-bond donors (Lipinski definition) is 2. The second kappa shape index (κ2) is 7.12. The summed E-state index contributed by atoms with van der Waals surface area (Å²) in [6.07, 6.45) is 8.53. The van der Waals surface area contributed by atoms with Gasteiger partial charge in [0.25, 0.3) is 0 Å². The number of aromatic nitrogens is 2. The molecule has 1 saturated carbocycles. The summed E-state index contributed by atoms with van der Waals surface area (Å²) in [5.74, 6) is 1.25. The van der Waals surface area contributed by atoms with Crippen LogP contribution in [0.3, 0.4) is 0 Å². The molecule has 4 nitrogen and oxygen atoms in total. The van der Waals surface area contributed by atoms with Crippen LogP contribution < -0.4 is 10.6 Å². The maximum Gasteiger partial charge on any atom is 0.114 e. The molecule has 2 N–H and O–H groups in total. The van der Waals surface area contributed by atoms with Crippen LogP contribution >= 0.6 is 0 Å². The first-order valence-corrected chi connectivity index (χ1v) is 11.7. The molecule has 0 radical (unpaired) electrons. The van der Waals surface area contributed by atoms with Crippen LogP contribution in [-0.4, -0.2) is 28.7 Å². The second-order valence-corrected chi connectivity index (χ2v) is 9.92. The lowest BCUT2D eigenvalue weighted by molar-refractivity contribution is 0.0296. The van der Waals surface area contributed by atoms with Crippen molar-refractivity contribution in [2.24, 2.45) is 5.41 Å². The van der Waals surface area contributed by atoms with Crippen molar-refractivity contribution in [3.63, 3.8) is 0 Å². The summed E-state index contributed by atoms with van der Waals surface area (Å²) >= 11 is 0. The number of nitrogens with one attached hydrogen (secondary N) is 2. The van der Waals surface area contributed by atoms with E-state index in [0.717, 1.165) is 12.8 Å². The maximum absolute atomic E-state index is 5.29. The van der Waals surface area contributed by atoms with E-state index in [0.29, 0.717) is 17.5 Å². The fourth-order valence-corrected chi connectivity index (χ4v) is 6.15. The topological polar surface area (TPSA) is 41.9 Å². The number of nitrogens with zero attached hydrogens (tertiary/aromatic N) is 2. The lowest BCUT2D eigenvalue weighted by Gasteiger charge is -2.51. The highest BCUT2D eigenvalue weighted by Gasteiger charge is 2.46. The van der Waals surface area contributed by atoms with Crippen LogP contribution in [0, 0.1) is 5.41 Å². The average Bonchev–Trinajstić information content (AvgIpc) is 3.11. The SMILES string of the molecule is C[C@H]1CCc2c(ccc3c2nc(Cc2ccccc2)n3C2CC3(CCNCC3)C2)N1. The minimum absolute atomic E-state index is 0.548. The summed E-state index contributed by atoms with van der Waals surface area (Å²) in [6, 6.07) is 16.6. The molecule has 1 spiro atoms. The van der Waals surface area contributed by atoms with Crippen molar-refractivity contribution in [1.82, 2.24) is 14.9 Å². The summed E-state index contributed by atoms with van der Waals surface area (Å²) in [4.78, 5) is 5.29. The van der Waals surface area contributed by atoms with Crippen molar-refractivity contribution in [1.29, 1.82) is 0 Å². The van der Waals surface area contributed by atoms with E-state index in [1.807, 2.05) is 0 Å². The molecule has 3 aromatic rings. The third-order valence-electron chi connectivity index (χ3n) is 7.84. The second-order valence-electron chi connectivity index (χ2n) is 9.92. The fourth-order valence-electron chi connectivity index (χ4n) is 6.15. The highest BCUT2D eigenvalue weighted by Crippen LogP contribution is 2.55. The zero-order valence-electron chi connectivity index (χ0n) is 18.0. The van der Waals surface area contributed by atoms with Gasteiger partial charge in [-0.3, -0.25) is 0 Å². The monoisotopic (exact) mass is 400 g/mol. The van der Waals surface area contributed by atoms with Crippen molar-refractivity contribution in [2.45, 2.75) is 64.0 Å². The molecule has 4 heteroatoms. The smallest absolute Gasteiger partial charge is 0.114 e. The van der Waals surface area contributed by atoms with Gasteiger partial charge in [0.2, 0.25) is 0 Å². The molecule has 2 fully saturated rings. The fraction of sp³-hybridized carbons (Fsp3) is 0.500. The minimum atomic E-state index is 0.548. The van der Waals surface area contributed by atoms with E-state index in [1.165, 1.54) is 78.9 Å². The largest absolute Gasteiger partial charge is 0.382 e. The van der Waals surface area contributed by atoms with Gasteiger partial charge < -0.3 is 15.2 Å². The average molecular weight is 401 g/mol. The molecule has 0 unspecified atom stereocenters. The van der Waals surface area contributed by atoms with Gasteiger partial charge in [0.15, 0.2) is 0 Å². The van der Waals surface area contributed by atoms with Crippen LogP contribution in [0.4, 0.5) is 5.69 Å². The predicted octanol–water partition coefficient (Wildman–Crippen LogP) is 5.08. The zero-order chi connectivity index (χ0) is 20.1. The van der Waals surface area contributed by atoms with Gasteiger partial charge in [-0.25, -0.2) is 4.98 Å². The van der Waals surface area contributed by atoms with E-state index >= 15 is 0 Å². The highest BCUT2D eigenvalue weighted by molar-refractivity contribution is 5.86. The Morgan fingerprint density at radius 3 is 2.67 bits per heavy atom. The first-order chi connectivity index (χ1) is 14.7. The number of imidazole rings is 1. The van der Waals surface area contributed by atoms with Crippen molar-refractivity contribution in [2.75, 3.05) is 18.4 Å². The molecule has 1 aliphatic carbocycles. The van der Waals surface area contributed by atoms with Gasteiger partial charge >= 0.3 is 0 Å². The quantitative estimate of drug-likeness (QED) is 0.644. The molecule has 2 aromatic carbocycles. The van der Waals surface area contributed by atoms with Crippen LogP contribution in [0.2, 0.25) is 0 Å². The Bertz CT molecular complexity index is 1050. The van der Waals surface area contributed by atoms with E-state index in [-0.39, 0.29) is 0 Å². The van der Waals surface area contributed by atoms with E-state index in [1.54, 1.807) is 0 Å². The van der Waals surface area contributed by atoms with Gasteiger partial charge in [0.1, 0.15) is 5.82 Å². The summed E-state index contributed by atoms with van der Waals surface area (Å²) in [6.45, 7) is 4.65. The Morgan fingerprint density at radius 2 is 1.87 bits per heavy atom. The summed E-state index contributed by atoms with van der Waals surface area (Å²) in [5, 5.41) is 7.22. The van der Waals surface area contributed by atoms with Gasteiger partial charge in [-0.2, -0.15) is 0 Å². The molecule has 6 rings (SSSR count). The third-order valence-corrected chi connectivity index (χ3v) is 7.84. The van der Waals surface area contributed by atoms with Gasteiger partial charge in [0.05, 0.1) is 11.0 Å². The molecule has 3 heterocycles. The van der Waals surface area contributed by atoms with Crippen LogP contribution in [0.1, 0.15) is 62.0 Å². The molecule has 2 aliphatic heterocycles. The van der Waals surface area contributed by atoms with Crippen molar-refractivity contribution < 1.29 is 0 Å². The number of anilines is 1. The Hall–Kier alpha value is -2.33. The predicted molar refractivity (Wildman–Crippen MR) is 123 cm³/mol. The molecule has 1 aromatic heterocycles. The molecule has 0 amide bonds. The number of hydrogen-bond acceptors (Lipinski definition) is 3. The Morgan fingerprint density at radius 1 is 1.07 bits per heavy atom. The molecular weight excluding hydrogens is 368 g/mol. The highest BCUT2D eigenvalue weighted by atomic mass is 15.1. The number of piperidine rings is 1. The number of benzene rings is 2. The Kier molecular flexibility index (Phi) is 4.38. The van der Waals surface area contributed by atoms with Gasteiger partial charge in [-0.15, -0.1) is 0 Å². The first-order valence-electron chi connectivity index (χ1n) is 11.7. The third kappa shape index (κ3) is 3.04. The number of aryl methyl sites for hydroxylation is 1. The standard InChI is InChI=1S/C26H32N4/c1-18-7-8-21-22(28-18)9-10-23-25(21)29-24(15-19-5-3-2-4-6-19)30(23)20-16-26(17-20)11-13-27-14-12-26/h2-6,9-10,18,20,27-28H,7-8,11-17H2,1H3/t18-/m0/s1. The van der Waals surface area contributed by atoms with Crippen LogP contribution in [0.15, 0.2) is 42.5 Å². The molecule has 156 valence electrons. The number of rotatable bonds is 3. The molecule has 1 saturated heterocycles. The summed E-state index contributed by atoms with van der Waals surface area (Å²) < 4.78 is 2.62. The van der Waals surface area contributed by atoms with Crippen LogP contribution in [0.5, 0.6) is 0 Å². The van der Waals surface area contributed by atoms with E-state index in [4.69, 9.17) is 4.98 Å². The molecule has 1 atom stereocenters. The van der Waals surface area contributed by atoms with Crippen molar-refractivity contribution in [3.8, 4) is 0 Å². The van der Waals surface area contributed by atoms with E-state index in [2.05, 4.69) is 64.6 Å². The van der Waals surface area contributed by atoms with Gasteiger partial charge in [0, 0.05) is 29.8 Å². The van der Waals surface area contributed by atoms with Crippen LogP contribution in [0.25, 0.3) is 11.0 Å². The molecule has 30 heavy (non-hydrogen) atoms. The normalized spacial score (nSPS) is 23.2. The van der Waals surface area contributed by atoms with Crippen molar-refractivity contribution in [3.05, 3.63) is 59.4 Å². The number of fused-ring (bicyclic) bond motifs is 3. The van der Waals surface area contributed by atoms with E-state index < -0.39 is 0 Å². The van der Waals surface area contributed by atoms with E-state index in [9.17, 15) is 0 Å². The molecular formula is C26H32N4.